The second-order valence-corrected chi connectivity index (χ2v) is 3.87. The Labute approximate surface area is 79.2 Å². The number of piperidine rings is 1. The topological polar surface area (TPSA) is 29.9 Å². The molecule has 1 atom stereocenters. The van der Waals surface area contributed by atoms with E-state index in [4.69, 9.17) is 0 Å². The zero-order valence-electron chi connectivity index (χ0n) is 8.16. The first kappa shape index (κ1) is 8.75. The van der Waals surface area contributed by atoms with Gasteiger partial charge in [-0.3, -0.25) is 0 Å². The van der Waals surface area contributed by atoms with Gasteiger partial charge >= 0.3 is 0 Å². The van der Waals surface area contributed by atoms with Crippen LogP contribution in [0.5, 0.6) is 0 Å². The molecule has 0 unspecified atom stereocenters. The molecule has 1 fully saturated rings. The van der Waals surface area contributed by atoms with Gasteiger partial charge in [0.05, 0.1) is 0 Å². The zero-order chi connectivity index (χ0) is 9.10. The molecule has 1 aromatic rings. The molecular formula is C10H17N3. The molecule has 2 rings (SSSR count). The van der Waals surface area contributed by atoms with E-state index in [2.05, 4.69) is 21.9 Å². The monoisotopic (exact) mass is 179 g/mol. The normalized spacial score (nSPS) is 23.3. The molecule has 0 amide bonds. The van der Waals surface area contributed by atoms with Crippen LogP contribution in [0.3, 0.4) is 0 Å². The van der Waals surface area contributed by atoms with Crippen LogP contribution in [0.1, 0.15) is 18.7 Å². The van der Waals surface area contributed by atoms with Gasteiger partial charge in [-0.15, -0.1) is 0 Å². The van der Waals surface area contributed by atoms with Crippen molar-refractivity contribution in [1.29, 1.82) is 0 Å². The van der Waals surface area contributed by atoms with E-state index < -0.39 is 0 Å². The average molecular weight is 179 g/mol. The summed E-state index contributed by atoms with van der Waals surface area (Å²) in [6.07, 6.45) is 7.68. The first-order valence-corrected chi connectivity index (χ1v) is 5.03. The maximum absolute atomic E-state index is 4.35. The highest BCUT2D eigenvalue weighted by molar-refractivity contribution is 4.93. The molecule has 0 bridgehead atoms. The van der Waals surface area contributed by atoms with Crippen LogP contribution < -0.4 is 5.32 Å². The minimum Gasteiger partial charge on any atom is -0.338 e. The Balaban J connectivity index is 1.93. The number of nitrogens with zero attached hydrogens (tertiary/aromatic N) is 2. The highest BCUT2D eigenvalue weighted by atomic mass is 15.0. The highest BCUT2D eigenvalue weighted by Gasteiger charge is 2.14. The Hall–Kier alpha value is -0.830. The first-order valence-electron chi connectivity index (χ1n) is 5.03. The van der Waals surface area contributed by atoms with Crippen LogP contribution in [0.15, 0.2) is 12.4 Å². The van der Waals surface area contributed by atoms with Gasteiger partial charge in [-0.1, -0.05) is 0 Å². The summed E-state index contributed by atoms with van der Waals surface area (Å²) in [5.74, 6) is 2.00. The molecule has 0 saturated carbocycles. The van der Waals surface area contributed by atoms with Gasteiger partial charge in [0.1, 0.15) is 5.82 Å². The molecule has 72 valence electrons. The number of nitrogens with one attached hydrogen (secondary N) is 1. The maximum Gasteiger partial charge on any atom is 0.108 e. The summed E-state index contributed by atoms with van der Waals surface area (Å²) in [4.78, 5) is 4.35. The molecule has 2 heterocycles. The van der Waals surface area contributed by atoms with Crippen LogP contribution in [0.2, 0.25) is 0 Å². The Kier molecular flexibility index (Phi) is 2.64. The van der Waals surface area contributed by atoms with Crippen LogP contribution in [-0.2, 0) is 13.5 Å². The second kappa shape index (κ2) is 3.92. The molecular weight excluding hydrogens is 162 g/mol. The SMILES string of the molecule is Cn1ccnc1C[C@@H]1CCCNC1. The van der Waals surface area contributed by atoms with Gasteiger partial charge < -0.3 is 9.88 Å². The molecule has 1 aliphatic rings. The van der Waals surface area contributed by atoms with Crippen molar-refractivity contribution in [2.45, 2.75) is 19.3 Å². The van der Waals surface area contributed by atoms with E-state index >= 15 is 0 Å². The van der Waals surface area contributed by atoms with Crippen molar-refractivity contribution >= 4 is 0 Å². The lowest BCUT2D eigenvalue weighted by Gasteiger charge is -2.22. The van der Waals surface area contributed by atoms with Crippen LogP contribution in [0, 0.1) is 5.92 Å². The average Bonchev–Trinajstić information content (AvgIpc) is 2.54. The molecule has 0 aromatic carbocycles. The predicted octanol–water partition coefficient (Wildman–Crippen LogP) is 0.962. The lowest BCUT2D eigenvalue weighted by atomic mass is 9.96. The van der Waals surface area contributed by atoms with Crippen LogP contribution in [0.25, 0.3) is 0 Å². The van der Waals surface area contributed by atoms with Gasteiger partial charge in [0.2, 0.25) is 0 Å². The van der Waals surface area contributed by atoms with Crippen LogP contribution in [0.4, 0.5) is 0 Å². The van der Waals surface area contributed by atoms with E-state index in [-0.39, 0.29) is 0 Å². The largest absolute Gasteiger partial charge is 0.338 e. The fourth-order valence-corrected chi connectivity index (χ4v) is 1.95. The van der Waals surface area contributed by atoms with E-state index in [1.165, 1.54) is 25.2 Å². The number of hydrogen-bond acceptors (Lipinski definition) is 2. The van der Waals surface area contributed by atoms with Crippen molar-refractivity contribution in [2.24, 2.45) is 13.0 Å². The van der Waals surface area contributed by atoms with Crippen molar-refractivity contribution < 1.29 is 0 Å². The van der Waals surface area contributed by atoms with Gasteiger partial charge in [0.15, 0.2) is 0 Å². The molecule has 3 heteroatoms. The fraction of sp³-hybridized carbons (Fsp3) is 0.700. The molecule has 13 heavy (non-hydrogen) atoms. The third kappa shape index (κ3) is 2.10. The minimum atomic E-state index is 0.787. The van der Waals surface area contributed by atoms with E-state index in [9.17, 15) is 0 Å². The molecule has 1 aliphatic heterocycles. The number of rotatable bonds is 2. The molecule has 0 radical (unpaired) electrons. The lowest BCUT2D eigenvalue weighted by Crippen LogP contribution is -2.31. The van der Waals surface area contributed by atoms with E-state index in [0.29, 0.717) is 0 Å². The van der Waals surface area contributed by atoms with Gasteiger partial charge in [0.25, 0.3) is 0 Å². The van der Waals surface area contributed by atoms with Gasteiger partial charge in [0, 0.05) is 25.9 Å². The van der Waals surface area contributed by atoms with E-state index in [1.54, 1.807) is 0 Å². The number of aryl methyl sites for hydroxylation is 1. The third-order valence-corrected chi connectivity index (χ3v) is 2.79. The van der Waals surface area contributed by atoms with Crippen molar-refractivity contribution in [2.75, 3.05) is 13.1 Å². The third-order valence-electron chi connectivity index (χ3n) is 2.79. The Morgan fingerprint density at radius 1 is 1.69 bits per heavy atom. The van der Waals surface area contributed by atoms with Crippen molar-refractivity contribution in [3.05, 3.63) is 18.2 Å². The number of imidazole rings is 1. The standard InChI is InChI=1S/C10H17N3/c1-13-6-5-12-10(13)7-9-3-2-4-11-8-9/h5-6,9,11H,2-4,7-8H2,1H3/t9-/m0/s1. The summed E-state index contributed by atoms with van der Waals surface area (Å²) >= 11 is 0. The van der Waals surface area contributed by atoms with Crippen LogP contribution in [-0.4, -0.2) is 22.6 Å². The highest BCUT2D eigenvalue weighted by Crippen LogP contribution is 2.14. The molecule has 1 N–H and O–H groups in total. The summed E-state index contributed by atoms with van der Waals surface area (Å²) in [5, 5.41) is 3.43. The van der Waals surface area contributed by atoms with Crippen LogP contribution >= 0.6 is 0 Å². The van der Waals surface area contributed by atoms with Gasteiger partial charge in [-0.25, -0.2) is 4.98 Å². The van der Waals surface area contributed by atoms with Gasteiger partial charge in [-0.05, 0) is 31.8 Å². The number of hydrogen-bond donors (Lipinski definition) is 1. The number of aromatic nitrogens is 2. The zero-order valence-corrected chi connectivity index (χ0v) is 8.16. The summed E-state index contributed by atoms with van der Waals surface area (Å²) in [6.45, 7) is 2.35. The lowest BCUT2D eigenvalue weighted by molar-refractivity contribution is 0.368. The summed E-state index contributed by atoms with van der Waals surface area (Å²) < 4.78 is 2.12. The summed E-state index contributed by atoms with van der Waals surface area (Å²) in [5.41, 5.74) is 0. The Morgan fingerprint density at radius 3 is 3.23 bits per heavy atom. The molecule has 3 nitrogen and oxygen atoms in total. The molecule has 1 aromatic heterocycles. The minimum absolute atomic E-state index is 0.787. The Bertz CT molecular complexity index is 261. The van der Waals surface area contributed by atoms with E-state index in [0.717, 1.165) is 18.9 Å². The fourth-order valence-electron chi connectivity index (χ4n) is 1.95. The van der Waals surface area contributed by atoms with Crippen molar-refractivity contribution in [3.63, 3.8) is 0 Å². The van der Waals surface area contributed by atoms with Crippen molar-refractivity contribution in [3.8, 4) is 0 Å². The molecule has 0 spiro atoms. The second-order valence-electron chi connectivity index (χ2n) is 3.87. The Morgan fingerprint density at radius 2 is 2.62 bits per heavy atom. The molecule has 0 aliphatic carbocycles. The molecule has 1 saturated heterocycles. The first-order chi connectivity index (χ1) is 6.36. The summed E-state index contributed by atoms with van der Waals surface area (Å²) in [7, 11) is 2.07. The van der Waals surface area contributed by atoms with Crippen molar-refractivity contribution in [1.82, 2.24) is 14.9 Å². The van der Waals surface area contributed by atoms with E-state index in [1.807, 2.05) is 12.4 Å². The predicted molar refractivity (Wildman–Crippen MR) is 52.5 cm³/mol. The quantitative estimate of drug-likeness (QED) is 0.733. The maximum atomic E-state index is 4.35. The summed E-state index contributed by atoms with van der Waals surface area (Å²) in [6, 6.07) is 0. The smallest absolute Gasteiger partial charge is 0.108 e. The van der Waals surface area contributed by atoms with Gasteiger partial charge in [-0.2, -0.15) is 0 Å².